The molecule has 0 saturated carbocycles. The zero-order chi connectivity index (χ0) is 22.0. The van der Waals surface area contributed by atoms with Gasteiger partial charge in [-0.25, -0.2) is 18.1 Å². The summed E-state index contributed by atoms with van der Waals surface area (Å²) in [4.78, 5) is 19.6. The number of amides is 1. The lowest BCUT2D eigenvalue weighted by molar-refractivity contribution is 0.0963. The van der Waals surface area contributed by atoms with Crippen LogP contribution in [0.15, 0.2) is 66.8 Å². The average molecular weight is 437 g/mol. The monoisotopic (exact) mass is 436 g/mol. The number of carbonyl (C=O) groups excluding carboxylic acids is 1. The first-order chi connectivity index (χ1) is 14.9. The lowest BCUT2D eigenvalue weighted by Gasteiger charge is -2.20. The standard InChI is InChI=1S/C23H24N4O3S/c1-15(16-6-4-3-5-7-16)27-31(29,30)19-11-8-17(9-12-19)22-25-20-13-10-18(23(28)24-2)14-21(20)26-22/h3-11,13-15,19,27H,12H2,1-2H3,(H,24,28)(H,25,26). The van der Waals surface area contributed by atoms with Crippen molar-refractivity contribution in [2.75, 3.05) is 7.05 Å². The van der Waals surface area contributed by atoms with Gasteiger partial charge in [-0.15, -0.1) is 0 Å². The van der Waals surface area contributed by atoms with E-state index in [1.165, 1.54) is 0 Å². The number of imidazole rings is 1. The van der Waals surface area contributed by atoms with Gasteiger partial charge in [0, 0.05) is 24.2 Å². The lowest BCUT2D eigenvalue weighted by Crippen LogP contribution is -2.35. The van der Waals surface area contributed by atoms with Crippen molar-refractivity contribution in [1.29, 1.82) is 0 Å². The number of aromatic nitrogens is 2. The minimum Gasteiger partial charge on any atom is -0.355 e. The Morgan fingerprint density at radius 2 is 1.97 bits per heavy atom. The van der Waals surface area contributed by atoms with E-state index >= 15 is 0 Å². The Hall–Kier alpha value is -3.23. The molecule has 8 heteroatoms. The topological polar surface area (TPSA) is 104 Å². The summed E-state index contributed by atoms with van der Waals surface area (Å²) in [5, 5.41) is 1.95. The van der Waals surface area contributed by atoms with Crippen LogP contribution < -0.4 is 10.0 Å². The number of aromatic amines is 1. The third kappa shape index (κ3) is 4.45. The molecule has 1 aliphatic rings. The van der Waals surface area contributed by atoms with E-state index < -0.39 is 15.3 Å². The number of sulfonamides is 1. The summed E-state index contributed by atoms with van der Waals surface area (Å²) in [7, 11) is -1.95. The van der Waals surface area contributed by atoms with Crippen molar-refractivity contribution in [3.05, 3.63) is 83.7 Å². The molecule has 1 amide bonds. The quantitative estimate of drug-likeness (QED) is 0.551. The molecular formula is C23H24N4O3S. The Morgan fingerprint density at radius 3 is 2.65 bits per heavy atom. The zero-order valence-electron chi connectivity index (χ0n) is 17.3. The van der Waals surface area contributed by atoms with Crippen molar-refractivity contribution < 1.29 is 13.2 Å². The van der Waals surface area contributed by atoms with Crippen LogP contribution in [0, 0.1) is 0 Å². The minimum atomic E-state index is -3.54. The predicted molar refractivity (Wildman–Crippen MR) is 122 cm³/mol. The van der Waals surface area contributed by atoms with E-state index in [2.05, 4.69) is 20.0 Å². The molecule has 2 unspecified atom stereocenters. The fourth-order valence-corrected chi connectivity index (χ4v) is 5.02. The first-order valence-electron chi connectivity index (χ1n) is 10.0. The summed E-state index contributed by atoms with van der Waals surface area (Å²) in [5.41, 5.74) is 3.77. The molecule has 2 aromatic carbocycles. The van der Waals surface area contributed by atoms with Crippen molar-refractivity contribution >= 4 is 32.5 Å². The molecule has 2 atom stereocenters. The van der Waals surface area contributed by atoms with Gasteiger partial charge >= 0.3 is 0 Å². The fraction of sp³-hybridized carbons (Fsp3) is 0.217. The average Bonchev–Trinajstić information content (AvgIpc) is 3.22. The SMILES string of the molecule is CNC(=O)c1ccc2nc(C3=CCC(S(=O)(=O)NC(C)c4ccccc4)C=C3)[nH]c2c1. The Bertz CT molecular complexity index is 1280. The number of H-pyrrole nitrogens is 1. The molecule has 3 aromatic rings. The van der Waals surface area contributed by atoms with Crippen LogP contribution in [0.1, 0.15) is 41.1 Å². The molecule has 0 saturated heterocycles. The fourth-order valence-electron chi connectivity index (χ4n) is 3.58. The normalized spacial score (nSPS) is 17.4. The highest BCUT2D eigenvalue weighted by atomic mass is 32.2. The second-order valence-electron chi connectivity index (χ2n) is 7.48. The molecule has 7 nitrogen and oxygen atoms in total. The van der Waals surface area contributed by atoms with Crippen molar-refractivity contribution in [2.45, 2.75) is 24.6 Å². The molecule has 0 aliphatic heterocycles. The van der Waals surface area contributed by atoms with E-state index in [9.17, 15) is 13.2 Å². The van der Waals surface area contributed by atoms with Gasteiger partial charge in [0.15, 0.2) is 0 Å². The van der Waals surface area contributed by atoms with E-state index in [1.807, 2.05) is 43.3 Å². The molecule has 31 heavy (non-hydrogen) atoms. The summed E-state index contributed by atoms with van der Waals surface area (Å²) in [6.07, 6.45) is 5.69. The van der Waals surface area contributed by atoms with E-state index in [4.69, 9.17) is 0 Å². The maximum Gasteiger partial charge on any atom is 0.251 e. The van der Waals surface area contributed by atoms with Crippen molar-refractivity contribution in [2.24, 2.45) is 0 Å². The van der Waals surface area contributed by atoms with Crippen LogP contribution >= 0.6 is 0 Å². The highest BCUT2D eigenvalue weighted by Crippen LogP contribution is 2.26. The van der Waals surface area contributed by atoms with Crippen molar-refractivity contribution in [3.8, 4) is 0 Å². The molecule has 0 radical (unpaired) electrons. The minimum absolute atomic E-state index is 0.167. The summed E-state index contributed by atoms with van der Waals surface area (Å²) in [5.74, 6) is 0.474. The number of benzene rings is 2. The van der Waals surface area contributed by atoms with Gasteiger partial charge in [0.25, 0.3) is 5.91 Å². The molecule has 0 bridgehead atoms. The van der Waals surface area contributed by atoms with Crippen LogP contribution in [0.4, 0.5) is 0 Å². The second-order valence-corrected chi connectivity index (χ2v) is 9.42. The molecule has 1 heterocycles. The number of nitrogens with zero attached hydrogens (tertiary/aromatic N) is 1. The number of carbonyl (C=O) groups is 1. The van der Waals surface area contributed by atoms with Crippen LogP contribution in [-0.4, -0.2) is 36.6 Å². The second kappa shape index (κ2) is 8.49. The molecule has 3 N–H and O–H groups in total. The molecule has 0 fully saturated rings. The van der Waals surface area contributed by atoms with Gasteiger partial charge in [-0.3, -0.25) is 4.79 Å². The van der Waals surface area contributed by atoms with Crippen LogP contribution in [0.25, 0.3) is 16.6 Å². The van der Waals surface area contributed by atoms with Gasteiger partial charge in [-0.05, 0) is 37.1 Å². The number of hydrogen-bond acceptors (Lipinski definition) is 4. The number of fused-ring (bicyclic) bond motifs is 1. The number of rotatable bonds is 6. The Labute approximate surface area is 181 Å². The van der Waals surface area contributed by atoms with E-state index in [-0.39, 0.29) is 11.9 Å². The summed E-state index contributed by atoms with van der Waals surface area (Å²) in [6.45, 7) is 1.84. The summed E-state index contributed by atoms with van der Waals surface area (Å²) in [6, 6.07) is 14.4. The summed E-state index contributed by atoms with van der Waals surface area (Å²) >= 11 is 0. The molecule has 4 rings (SSSR count). The largest absolute Gasteiger partial charge is 0.355 e. The number of allylic oxidation sites excluding steroid dienone is 3. The molecule has 1 aliphatic carbocycles. The zero-order valence-corrected chi connectivity index (χ0v) is 18.1. The van der Waals surface area contributed by atoms with Gasteiger partial charge in [-0.1, -0.05) is 48.6 Å². The molecule has 0 spiro atoms. The lowest BCUT2D eigenvalue weighted by atomic mass is 10.1. The van der Waals surface area contributed by atoms with Gasteiger partial charge in [0.05, 0.1) is 16.3 Å². The van der Waals surface area contributed by atoms with Gasteiger partial charge in [-0.2, -0.15) is 0 Å². The highest BCUT2D eigenvalue weighted by molar-refractivity contribution is 7.90. The van der Waals surface area contributed by atoms with Gasteiger partial charge < -0.3 is 10.3 Å². The molecule has 160 valence electrons. The smallest absolute Gasteiger partial charge is 0.251 e. The van der Waals surface area contributed by atoms with Crippen LogP contribution in [-0.2, 0) is 10.0 Å². The third-order valence-electron chi connectivity index (χ3n) is 5.34. The first kappa shape index (κ1) is 21.0. The van der Waals surface area contributed by atoms with Crippen LogP contribution in [0.3, 0.4) is 0 Å². The van der Waals surface area contributed by atoms with Crippen LogP contribution in [0.2, 0.25) is 0 Å². The van der Waals surface area contributed by atoms with E-state index in [0.29, 0.717) is 17.8 Å². The first-order valence-corrected chi connectivity index (χ1v) is 11.6. The van der Waals surface area contributed by atoms with Gasteiger partial charge in [0.2, 0.25) is 10.0 Å². The number of nitrogens with one attached hydrogen (secondary N) is 3. The van der Waals surface area contributed by atoms with E-state index in [0.717, 1.165) is 22.2 Å². The predicted octanol–water partition coefficient (Wildman–Crippen LogP) is 3.32. The third-order valence-corrected chi connectivity index (χ3v) is 7.17. The van der Waals surface area contributed by atoms with Gasteiger partial charge in [0.1, 0.15) is 5.82 Å². The Kier molecular flexibility index (Phi) is 5.75. The highest BCUT2D eigenvalue weighted by Gasteiger charge is 2.26. The molecule has 1 aromatic heterocycles. The number of hydrogen-bond donors (Lipinski definition) is 3. The Morgan fingerprint density at radius 1 is 1.19 bits per heavy atom. The molecular weight excluding hydrogens is 412 g/mol. The van der Waals surface area contributed by atoms with Crippen molar-refractivity contribution in [1.82, 2.24) is 20.0 Å². The summed E-state index contributed by atoms with van der Waals surface area (Å²) < 4.78 is 28.4. The van der Waals surface area contributed by atoms with Crippen LogP contribution in [0.5, 0.6) is 0 Å². The Balaban J connectivity index is 1.49. The van der Waals surface area contributed by atoms with Crippen molar-refractivity contribution in [3.63, 3.8) is 0 Å². The maximum absolute atomic E-state index is 12.8. The van der Waals surface area contributed by atoms with E-state index in [1.54, 1.807) is 37.4 Å². The maximum atomic E-state index is 12.8.